The van der Waals surface area contributed by atoms with E-state index in [1.807, 2.05) is 13.8 Å². The number of sulfone groups is 1. The van der Waals surface area contributed by atoms with E-state index in [0.717, 1.165) is 0 Å². The highest BCUT2D eigenvalue weighted by Gasteiger charge is 2.35. The van der Waals surface area contributed by atoms with Crippen molar-refractivity contribution in [1.82, 2.24) is 4.90 Å². The number of nitrogens with zero attached hydrogens (tertiary/aromatic N) is 1. The van der Waals surface area contributed by atoms with Crippen molar-refractivity contribution in [3.63, 3.8) is 0 Å². The van der Waals surface area contributed by atoms with Gasteiger partial charge in [0.2, 0.25) is 0 Å². The summed E-state index contributed by atoms with van der Waals surface area (Å²) in [5, 5.41) is 0.329. The van der Waals surface area contributed by atoms with Crippen LogP contribution in [0, 0.1) is 5.92 Å². The Morgan fingerprint density at radius 3 is 2.65 bits per heavy atom. The maximum atomic E-state index is 12.6. The lowest BCUT2D eigenvalue weighted by Crippen LogP contribution is -2.45. The number of benzene rings is 1. The molecule has 0 aromatic heterocycles. The van der Waals surface area contributed by atoms with Crippen LogP contribution >= 0.6 is 11.6 Å². The van der Waals surface area contributed by atoms with Crippen molar-refractivity contribution in [2.24, 2.45) is 5.92 Å². The number of hydrogen-bond acceptors (Lipinski definition) is 6. The number of nitrogen functional groups attached to an aromatic ring is 1. The molecule has 2 rings (SSSR count). The van der Waals surface area contributed by atoms with Crippen LogP contribution in [0.15, 0.2) is 18.2 Å². The molecule has 9 heteroatoms. The molecule has 1 atom stereocenters. The Labute approximate surface area is 158 Å². The number of ether oxygens (including phenoxy) is 1. The van der Waals surface area contributed by atoms with E-state index in [2.05, 4.69) is 0 Å². The maximum absolute atomic E-state index is 12.6. The molecular formula is C17H23ClN2O5S. The van der Waals surface area contributed by atoms with E-state index in [-0.39, 0.29) is 34.7 Å². The number of carbonyl (C=O) groups is 2. The van der Waals surface area contributed by atoms with Crippen LogP contribution in [0.3, 0.4) is 0 Å². The standard InChI is InChI=1S/C17H23ClN2O5S/c1-11(2)8-20(13-5-6-26(23,24)10-13)16(21)9-25-17(22)14-7-12(18)3-4-15(14)19/h3-4,7,11,13H,5-6,8-10,19H2,1-2H3. The van der Waals surface area contributed by atoms with Crippen molar-refractivity contribution in [3.05, 3.63) is 28.8 Å². The smallest absolute Gasteiger partial charge is 0.340 e. The molecular weight excluding hydrogens is 380 g/mol. The first kappa shape index (κ1) is 20.5. The Bertz CT molecular complexity index is 794. The number of amides is 1. The quantitative estimate of drug-likeness (QED) is 0.573. The lowest BCUT2D eigenvalue weighted by atomic mass is 10.1. The fourth-order valence-electron chi connectivity index (χ4n) is 2.86. The third-order valence-corrected chi connectivity index (χ3v) is 6.08. The van der Waals surface area contributed by atoms with Gasteiger partial charge in [-0.25, -0.2) is 13.2 Å². The van der Waals surface area contributed by atoms with Gasteiger partial charge in [0.25, 0.3) is 5.91 Å². The third-order valence-electron chi connectivity index (χ3n) is 4.09. The van der Waals surface area contributed by atoms with Gasteiger partial charge in [-0.1, -0.05) is 25.4 Å². The maximum Gasteiger partial charge on any atom is 0.340 e. The van der Waals surface area contributed by atoms with Crippen molar-refractivity contribution < 1.29 is 22.7 Å². The lowest BCUT2D eigenvalue weighted by molar-refractivity contribution is -0.137. The molecule has 2 N–H and O–H groups in total. The predicted molar refractivity (Wildman–Crippen MR) is 99.8 cm³/mol. The molecule has 1 aliphatic rings. The van der Waals surface area contributed by atoms with E-state index in [0.29, 0.717) is 18.0 Å². The summed E-state index contributed by atoms with van der Waals surface area (Å²) >= 11 is 5.85. The highest BCUT2D eigenvalue weighted by molar-refractivity contribution is 7.91. The lowest BCUT2D eigenvalue weighted by Gasteiger charge is -2.29. The summed E-state index contributed by atoms with van der Waals surface area (Å²) in [5.74, 6) is -1.00. The molecule has 1 aliphatic heterocycles. The van der Waals surface area contributed by atoms with Crippen molar-refractivity contribution in [2.45, 2.75) is 26.3 Å². The Balaban J connectivity index is 2.05. The summed E-state index contributed by atoms with van der Waals surface area (Å²) in [6.45, 7) is 3.79. The molecule has 0 radical (unpaired) electrons. The molecule has 0 spiro atoms. The largest absolute Gasteiger partial charge is 0.452 e. The highest BCUT2D eigenvalue weighted by atomic mass is 35.5. The molecule has 0 aliphatic carbocycles. The van der Waals surface area contributed by atoms with Gasteiger partial charge in [0.05, 0.1) is 17.1 Å². The molecule has 1 aromatic rings. The van der Waals surface area contributed by atoms with Gasteiger partial charge in [-0.2, -0.15) is 0 Å². The van der Waals surface area contributed by atoms with Crippen LogP contribution in [-0.4, -0.2) is 55.9 Å². The molecule has 7 nitrogen and oxygen atoms in total. The molecule has 144 valence electrons. The van der Waals surface area contributed by atoms with Gasteiger partial charge >= 0.3 is 5.97 Å². The molecule has 0 bridgehead atoms. The summed E-state index contributed by atoms with van der Waals surface area (Å²) in [4.78, 5) is 26.2. The SMILES string of the molecule is CC(C)CN(C(=O)COC(=O)c1cc(Cl)ccc1N)C1CCS(=O)(=O)C1. The van der Waals surface area contributed by atoms with Gasteiger partial charge in [-0.3, -0.25) is 4.79 Å². The molecule has 26 heavy (non-hydrogen) atoms. The first-order valence-electron chi connectivity index (χ1n) is 8.31. The normalized spacial score (nSPS) is 18.7. The van der Waals surface area contributed by atoms with Crippen LogP contribution < -0.4 is 5.73 Å². The number of nitrogens with two attached hydrogens (primary N) is 1. The second-order valence-corrected chi connectivity index (χ2v) is 9.47. The third kappa shape index (κ3) is 5.35. The van der Waals surface area contributed by atoms with Crippen LogP contribution in [-0.2, 0) is 19.4 Å². The minimum atomic E-state index is -3.13. The van der Waals surface area contributed by atoms with Gasteiger partial charge in [0, 0.05) is 23.3 Å². The fraction of sp³-hybridized carbons (Fsp3) is 0.529. The van der Waals surface area contributed by atoms with Crippen molar-refractivity contribution in [1.29, 1.82) is 0 Å². The van der Waals surface area contributed by atoms with Crippen LogP contribution in [0.1, 0.15) is 30.6 Å². The Morgan fingerprint density at radius 2 is 2.08 bits per heavy atom. The number of rotatable bonds is 6. The number of hydrogen-bond donors (Lipinski definition) is 1. The van der Waals surface area contributed by atoms with Crippen LogP contribution in [0.4, 0.5) is 5.69 Å². The van der Waals surface area contributed by atoms with Crippen molar-refractivity contribution >= 4 is 39.0 Å². The summed E-state index contributed by atoms with van der Waals surface area (Å²) in [7, 11) is -3.13. The minimum Gasteiger partial charge on any atom is -0.452 e. The van der Waals surface area contributed by atoms with Crippen molar-refractivity contribution in [2.75, 3.05) is 30.4 Å². The molecule has 1 amide bonds. The minimum absolute atomic E-state index is 0.0549. The Hall–Kier alpha value is -1.80. The van der Waals surface area contributed by atoms with Crippen LogP contribution in [0.5, 0.6) is 0 Å². The Kier molecular flexibility index (Phi) is 6.52. The van der Waals surface area contributed by atoms with Gasteiger partial charge < -0.3 is 15.4 Å². The summed E-state index contributed by atoms with van der Waals surface area (Å²) < 4.78 is 28.5. The molecule has 1 unspecified atom stereocenters. The van der Waals surface area contributed by atoms with Gasteiger partial charge in [-0.05, 0) is 30.5 Å². The zero-order valence-electron chi connectivity index (χ0n) is 14.8. The zero-order valence-corrected chi connectivity index (χ0v) is 16.3. The number of esters is 1. The Morgan fingerprint density at radius 1 is 1.38 bits per heavy atom. The molecule has 1 aromatic carbocycles. The van der Waals surface area contributed by atoms with Crippen LogP contribution in [0.25, 0.3) is 0 Å². The average molecular weight is 403 g/mol. The number of halogens is 1. The van der Waals surface area contributed by atoms with Gasteiger partial charge in [-0.15, -0.1) is 0 Å². The second-order valence-electron chi connectivity index (χ2n) is 6.80. The topological polar surface area (TPSA) is 107 Å². The second kappa shape index (κ2) is 8.26. The average Bonchev–Trinajstić information content (AvgIpc) is 2.91. The first-order valence-corrected chi connectivity index (χ1v) is 10.5. The molecule has 0 saturated carbocycles. The number of anilines is 1. The van der Waals surface area contributed by atoms with E-state index in [9.17, 15) is 18.0 Å². The highest BCUT2D eigenvalue weighted by Crippen LogP contribution is 2.21. The predicted octanol–water partition coefficient (Wildman–Crippen LogP) is 1.75. The molecule has 1 fully saturated rings. The van der Waals surface area contributed by atoms with Crippen molar-refractivity contribution in [3.8, 4) is 0 Å². The van der Waals surface area contributed by atoms with Gasteiger partial charge in [0.15, 0.2) is 16.4 Å². The molecule has 1 heterocycles. The summed E-state index contributed by atoms with van der Waals surface area (Å²) in [5.41, 5.74) is 6.02. The van der Waals surface area contributed by atoms with Gasteiger partial charge in [0.1, 0.15) is 0 Å². The van der Waals surface area contributed by atoms with E-state index < -0.39 is 28.3 Å². The molecule has 1 saturated heterocycles. The van der Waals surface area contributed by atoms with Crippen LogP contribution in [0.2, 0.25) is 5.02 Å². The number of carbonyl (C=O) groups excluding carboxylic acids is 2. The van der Waals surface area contributed by atoms with E-state index in [4.69, 9.17) is 22.1 Å². The first-order chi connectivity index (χ1) is 12.1. The van der Waals surface area contributed by atoms with E-state index >= 15 is 0 Å². The summed E-state index contributed by atoms with van der Waals surface area (Å²) in [6.07, 6.45) is 0.399. The van der Waals surface area contributed by atoms with E-state index in [1.54, 1.807) is 6.07 Å². The monoisotopic (exact) mass is 402 g/mol. The fourth-order valence-corrected chi connectivity index (χ4v) is 4.77. The summed E-state index contributed by atoms with van der Waals surface area (Å²) in [6, 6.07) is 4.02. The zero-order chi connectivity index (χ0) is 19.5. The van der Waals surface area contributed by atoms with E-state index in [1.165, 1.54) is 17.0 Å².